The zero-order valence-corrected chi connectivity index (χ0v) is 13.2. The molecule has 0 heterocycles. The summed E-state index contributed by atoms with van der Waals surface area (Å²) < 4.78 is 0. The van der Waals surface area contributed by atoms with Crippen LogP contribution in [0.1, 0.15) is 30.9 Å². The third-order valence-electron chi connectivity index (χ3n) is 4.52. The zero-order chi connectivity index (χ0) is 13.9. The summed E-state index contributed by atoms with van der Waals surface area (Å²) in [5, 5.41) is 0. The lowest BCUT2D eigenvalue weighted by molar-refractivity contribution is 0.445. The number of hydrogen-bond donors (Lipinski definition) is 0. The Labute approximate surface area is 126 Å². The largest absolute Gasteiger partial charge is 0.130 e. The van der Waals surface area contributed by atoms with Crippen molar-refractivity contribution in [3.8, 4) is 11.1 Å². The predicted octanol–water partition coefficient (Wildman–Crippen LogP) is 5.59. The van der Waals surface area contributed by atoms with Gasteiger partial charge >= 0.3 is 0 Å². The average molecular weight is 282 g/mol. The first-order chi connectivity index (χ1) is 9.80. The van der Waals surface area contributed by atoms with Crippen molar-refractivity contribution in [3.63, 3.8) is 0 Å². The van der Waals surface area contributed by atoms with E-state index in [1.807, 2.05) is 11.8 Å². The fourth-order valence-electron chi connectivity index (χ4n) is 3.16. The topological polar surface area (TPSA) is 0 Å². The maximum absolute atomic E-state index is 2.42. The lowest BCUT2D eigenvalue weighted by Crippen LogP contribution is -2.13. The molecular weight excluding hydrogens is 260 g/mol. The highest BCUT2D eigenvalue weighted by molar-refractivity contribution is 7.98. The van der Waals surface area contributed by atoms with Crippen molar-refractivity contribution in [2.75, 3.05) is 6.26 Å². The third-order valence-corrected chi connectivity index (χ3v) is 5.24. The van der Waals surface area contributed by atoms with Gasteiger partial charge in [-0.05, 0) is 65.8 Å². The second-order valence-electron chi connectivity index (χ2n) is 5.73. The maximum Gasteiger partial charge on any atom is 0.00752 e. The van der Waals surface area contributed by atoms with Gasteiger partial charge in [0.1, 0.15) is 0 Å². The molecule has 1 aliphatic carbocycles. The third kappa shape index (κ3) is 2.78. The Morgan fingerprint density at radius 3 is 2.70 bits per heavy atom. The quantitative estimate of drug-likeness (QED) is 0.661. The minimum Gasteiger partial charge on any atom is -0.130 e. The van der Waals surface area contributed by atoms with Crippen molar-refractivity contribution < 1.29 is 0 Å². The van der Waals surface area contributed by atoms with Gasteiger partial charge in [0.2, 0.25) is 0 Å². The summed E-state index contributed by atoms with van der Waals surface area (Å²) in [6.07, 6.45) is 7.34. The average Bonchev–Trinajstić information content (AvgIpc) is 2.54. The molecule has 0 nitrogen and oxygen atoms in total. The molecule has 0 radical (unpaired) electrons. The fourth-order valence-corrected chi connectivity index (χ4v) is 3.62. The highest BCUT2D eigenvalue weighted by Gasteiger charge is 2.17. The Morgan fingerprint density at radius 2 is 1.90 bits per heavy atom. The van der Waals surface area contributed by atoms with Crippen molar-refractivity contribution in [1.29, 1.82) is 0 Å². The monoisotopic (exact) mass is 282 g/mol. The summed E-state index contributed by atoms with van der Waals surface area (Å²) in [6.45, 7) is 2.32. The van der Waals surface area contributed by atoms with Crippen molar-refractivity contribution in [2.45, 2.75) is 37.5 Å². The van der Waals surface area contributed by atoms with Gasteiger partial charge in [-0.15, -0.1) is 11.8 Å². The molecule has 104 valence electrons. The molecule has 0 aromatic heterocycles. The Morgan fingerprint density at radius 1 is 1.05 bits per heavy atom. The zero-order valence-electron chi connectivity index (χ0n) is 12.4. The molecule has 0 aliphatic heterocycles. The number of thioether (sulfide) groups is 1. The first-order valence-corrected chi connectivity index (χ1v) is 8.79. The summed E-state index contributed by atoms with van der Waals surface area (Å²) >= 11 is 1.81. The van der Waals surface area contributed by atoms with Crippen LogP contribution in [0.4, 0.5) is 0 Å². The Bertz CT molecular complexity index is 600. The second kappa shape index (κ2) is 6.05. The van der Waals surface area contributed by atoms with E-state index < -0.39 is 0 Å². The molecule has 1 aliphatic rings. The fraction of sp³-hybridized carbons (Fsp3) is 0.368. The summed E-state index contributed by atoms with van der Waals surface area (Å²) in [7, 11) is 0. The van der Waals surface area contributed by atoms with Gasteiger partial charge in [0.25, 0.3) is 0 Å². The van der Waals surface area contributed by atoms with Crippen LogP contribution >= 0.6 is 11.8 Å². The van der Waals surface area contributed by atoms with Gasteiger partial charge < -0.3 is 0 Å². The molecule has 0 amide bonds. The minimum atomic E-state index is 0.896. The van der Waals surface area contributed by atoms with Crippen LogP contribution < -0.4 is 0 Å². The minimum absolute atomic E-state index is 0.896. The highest BCUT2D eigenvalue weighted by atomic mass is 32.2. The number of hydrogen-bond acceptors (Lipinski definition) is 1. The summed E-state index contributed by atoms with van der Waals surface area (Å²) in [6, 6.07) is 15.9. The van der Waals surface area contributed by atoms with E-state index in [-0.39, 0.29) is 0 Å². The Balaban J connectivity index is 1.92. The predicted molar refractivity (Wildman–Crippen MR) is 89.5 cm³/mol. The summed E-state index contributed by atoms with van der Waals surface area (Å²) in [5.41, 5.74) is 5.86. The van der Waals surface area contributed by atoms with E-state index in [1.54, 1.807) is 11.1 Å². The van der Waals surface area contributed by atoms with E-state index >= 15 is 0 Å². The summed E-state index contributed by atoms with van der Waals surface area (Å²) in [5.74, 6) is 0.896. The molecule has 0 saturated carbocycles. The van der Waals surface area contributed by atoms with Gasteiger partial charge in [-0.1, -0.05) is 43.7 Å². The molecular formula is C19H22S. The van der Waals surface area contributed by atoms with Gasteiger partial charge in [-0.25, -0.2) is 0 Å². The molecule has 0 saturated heterocycles. The first kappa shape index (κ1) is 13.8. The molecule has 3 rings (SSSR count). The van der Waals surface area contributed by atoms with Crippen LogP contribution in [0.15, 0.2) is 47.4 Å². The van der Waals surface area contributed by atoms with Crippen LogP contribution in [0.3, 0.4) is 0 Å². The Kier molecular flexibility index (Phi) is 4.16. The van der Waals surface area contributed by atoms with Gasteiger partial charge in [0.15, 0.2) is 0 Å². The van der Waals surface area contributed by atoms with E-state index in [0.29, 0.717) is 0 Å². The Hall–Kier alpha value is -1.21. The van der Waals surface area contributed by atoms with E-state index in [9.17, 15) is 0 Å². The van der Waals surface area contributed by atoms with Crippen LogP contribution in [0, 0.1) is 5.92 Å². The number of fused-ring (bicyclic) bond motifs is 1. The maximum atomic E-state index is 2.42. The van der Waals surface area contributed by atoms with E-state index in [1.165, 1.54) is 41.7 Å². The lowest BCUT2D eigenvalue weighted by atomic mass is 9.81. The van der Waals surface area contributed by atoms with Crippen LogP contribution in [0.25, 0.3) is 11.1 Å². The van der Waals surface area contributed by atoms with Crippen LogP contribution in [-0.4, -0.2) is 6.26 Å². The van der Waals surface area contributed by atoms with Crippen LogP contribution in [0.2, 0.25) is 0 Å². The highest BCUT2D eigenvalue weighted by Crippen LogP contribution is 2.32. The SMILES string of the molecule is CCC1CCc2cc(-c3cccc(SC)c3)ccc2C1. The van der Waals surface area contributed by atoms with Gasteiger partial charge in [-0.3, -0.25) is 0 Å². The second-order valence-corrected chi connectivity index (χ2v) is 6.61. The molecule has 1 atom stereocenters. The van der Waals surface area contributed by atoms with Crippen molar-refractivity contribution in [3.05, 3.63) is 53.6 Å². The molecule has 20 heavy (non-hydrogen) atoms. The van der Waals surface area contributed by atoms with E-state index in [2.05, 4.69) is 55.6 Å². The molecule has 0 N–H and O–H groups in total. The van der Waals surface area contributed by atoms with Crippen LogP contribution in [0.5, 0.6) is 0 Å². The number of aryl methyl sites for hydroxylation is 1. The molecule has 0 bridgehead atoms. The molecule has 2 aromatic rings. The summed E-state index contributed by atoms with van der Waals surface area (Å²) in [4.78, 5) is 1.34. The van der Waals surface area contributed by atoms with Gasteiger partial charge in [0.05, 0.1) is 0 Å². The smallest absolute Gasteiger partial charge is 0.00752 e. The van der Waals surface area contributed by atoms with Crippen LogP contribution in [-0.2, 0) is 12.8 Å². The molecule has 1 unspecified atom stereocenters. The van der Waals surface area contributed by atoms with E-state index in [0.717, 1.165) is 5.92 Å². The van der Waals surface area contributed by atoms with Crippen molar-refractivity contribution >= 4 is 11.8 Å². The number of benzene rings is 2. The first-order valence-electron chi connectivity index (χ1n) is 7.56. The van der Waals surface area contributed by atoms with Gasteiger partial charge in [-0.2, -0.15) is 0 Å². The van der Waals surface area contributed by atoms with E-state index in [4.69, 9.17) is 0 Å². The normalized spacial score (nSPS) is 17.8. The van der Waals surface area contributed by atoms with Gasteiger partial charge in [0, 0.05) is 4.90 Å². The molecule has 1 heteroatoms. The standard InChI is InChI=1S/C19H22S/c1-3-14-7-8-17-12-18(10-9-16(17)11-14)15-5-4-6-19(13-15)20-2/h4-6,9-10,12-14H,3,7-8,11H2,1-2H3. The molecule has 2 aromatic carbocycles. The lowest BCUT2D eigenvalue weighted by Gasteiger charge is -2.24. The molecule has 0 spiro atoms. The molecule has 0 fully saturated rings. The van der Waals surface area contributed by atoms with Crippen molar-refractivity contribution in [2.24, 2.45) is 5.92 Å². The van der Waals surface area contributed by atoms with Crippen molar-refractivity contribution in [1.82, 2.24) is 0 Å². The number of rotatable bonds is 3.